The first-order valence-electron chi connectivity index (χ1n) is 13.7. The van der Waals surface area contributed by atoms with Gasteiger partial charge in [0, 0.05) is 13.1 Å². The first kappa shape index (κ1) is 30.6. The van der Waals surface area contributed by atoms with E-state index in [4.69, 9.17) is 4.74 Å². The molecular formula is C29H41N5O6. The van der Waals surface area contributed by atoms with Gasteiger partial charge in [-0.1, -0.05) is 42.5 Å². The smallest absolute Gasteiger partial charge is 0.408 e. The molecule has 1 saturated heterocycles. The zero-order valence-electron chi connectivity index (χ0n) is 23.9. The van der Waals surface area contributed by atoms with Crippen LogP contribution in [-0.4, -0.2) is 70.4 Å². The fraction of sp³-hybridized carbons (Fsp3) is 0.552. The molecule has 0 aliphatic carbocycles. The van der Waals surface area contributed by atoms with Gasteiger partial charge in [0.2, 0.25) is 23.6 Å². The van der Waals surface area contributed by atoms with Crippen LogP contribution < -0.4 is 21.3 Å². The van der Waals surface area contributed by atoms with E-state index in [0.29, 0.717) is 19.4 Å². The Morgan fingerprint density at radius 1 is 1.07 bits per heavy atom. The number of carbonyl (C=O) groups excluding carboxylic acids is 5. The van der Waals surface area contributed by atoms with Crippen LogP contribution in [0.5, 0.6) is 0 Å². The lowest BCUT2D eigenvalue weighted by Gasteiger charge is -2.33. The molecule has 2 heterocycles. The number of hydrogen-bond donors (Lipinski definition) is 4. The van der Waals surface area contributed by atoms with Gasteiger partial charge in [0.1, 0.15) is 29.3 Å². The summed E-state index contributed by atoms with van der Waals surface area (Å²) in [6.07, 6.45) is 3.92. The first-order chi connectivity index (χ1) is 18.8. The molecule has 0 radical (unpaired) electrons. The molecule has 3 rings (SSSR count). The van der Waals surface area contributed by atoms with Crippen LogP contribution >= 0.6 is 0 Å². The van der Waals surface area contributed by atoms with E-state index in [1.54, 1.807) is 46.8 Å². The van der Waals surface area contributed by atoms with Crippen molar-refractivity contribution in [2.45, 2.75) is 96.1 Å². The van der Waals surface area contributed by atoms with Crippen molar-refractivity contribution in [3.63, 3.8) is 0 Å². The van der Waals surface area contributed by atoms with Crippen LogP contribution in [0.25, 0.3) is 0 Å². The largest absolute Gasteiger partial charge is 0.444 e. The van der Waals surface area contributed by atoms with Gasteiger partial charge in [0.05, 0.1) is 0 Å². The third-order valence-corrected chi connectivity index (χ3v) is 6.67. The fourth-order valence-corrected chi connectivity index (χ4v) is 4.57. The number of amides is 5. The summed E-state index contributed by atoms with van der Waals surface area (Å²) in [5, 5.41) is 11.0. The molecule has 218 valence electrons. The Labute approximate surface area is 235 Å². The minimum atomic E-state index is -1.35. The van der Waals surface area contributed by atoms with E-state index in [1.165, 1.54) is 4.90 Å². The number of rotatable bonds is 4. The Bertz CT molecular complexity index is 1130. The van der Waals surface area contributed by atoms with E-state index < -0.39 is 59.0 Å². The fourth-order valence-electron chi connectivity index (χ4n) is 4.57. The average Bonchev–Trinajstić information content (AvgIpc) is 3.37. The Kier molecular flexibility index (Phi) is 9.94. The van der Waals surface area contributed by atoms with E-state index in [0.717, 1.165) is 5.56 Å². The van der Waals surface area contributed by atoms with Gasteiger partial charge in [-0.2, -0.15) is 0 Å². The quantitative estimate of drug-likeness (QED) is 0.418. The third-order valence-electron chi connectivity index (χ3n) is 6.67. The normalized spacial score (nSPS) is 24.6. The predicted molar refractivity (Wildman–Crippen MR) is 149 cm³/mol. The molecule has 4 N–H and O–H groups in total. The zero-order chi connectivity index (χ0) is 29.5. The summed E-state index contributed by atoms with van der Waals surface area (Å²) in [6, 6.07) is 6.68. The molecule has 0 spiro atoms. The number of alkyl carbamates (subject to hydrolysis) is 1. The standard InChI is InChI=1S/C29H41N5O6/c1-28(2,3)40-27(39)32-21-15-10-9-14-20(23(35)30-18-19-12-7-6-8-13-19)31-26(38)29(4,5)33-24(36)22-16-11-17-34(22)25(21)37/h6-10,12-13,20-22H,11,14-18H2,1-5H3,(H,30,35)(H,31,38)(H,32,39)(H,33,36)/b10-9+/t20-,21-,22-/m0/s1. The Hall–Kier alpha value is -3.89. The molecular weight excluding hydrogens is 514 g/mol. The highest BCUT2D eigenvalue weighted by Crippen LogP contribution is 2.21. The van der Waals surface area contributed by atoms with Gasteiger partial charge in [-0.15, -0.1) is 0 Å². The van der Waals surface area contributed by atoms with Crippen LogP contribution in [0.15, 0.2) is 42.5 Å². The number of ether oxygens (including phenoxy) is 1. The number of nitrogens with one attached hydrogen (secondary N) is 4. The van der Waals surface area contributed by atoms with Gasteiger partial charge in [-0.3, -0.25) is 19.2 Å². The molecule has 1 aromatic rings. The van der Waals surface area contributed by atoms with Crippen molar-refractivity contribution in [3.8, 4) is 0 Å². The molecule has 11 heteroatoms. The summed E-state index contributed by atoms with van der Waals surface area (Å²) >= 11 is 0. The Morgan fingerprint density at radius 3 is 2.42 bits per heavy atom. The van der Waals surface area contributed by atoms with E-state index in [9.17, 15) is 24.0 Å². The minimum Gasteiger partial charge on any atom is -0.444 e. The van der Waals surface area contributed by atoms with Gasteiger partial charge in [-0.05, 0) is 65.9 Å². The van der Waals surface area contributed by atoms with Gasteiger partial charge in [0.25, 0.3) is 0 Å². The van der Waals surface area contributed by atoms with Crippen LogP contribution in [0.4, 0.5) is 4.79 Å². The molecule has 2 aliphatic heterocycles. The number of fused-ring (bicyclic) bond motifs is 1. The third kappa shape index (κ3) is 8.56. The Morgan fingerprint density at radius 2 is 1.75 bits per heavy atom. The number of carbonyl (C=O) groups is 5. The molecule has 0 saturated carbocycles. The molecule has 2 aliphatic rings. The summed E-state index contributed by atoms with van der Waals surface area (Å²) < 4.78 is 5.36. The SMILES string of the molecule is CC(C)(C)OC(=O)N[C@H]1C/C=C/C[C@@H](C(=O)NCc2ccccc2)NC(=O)C(C)(C)NC(=O)[C@@H]2CCCN2C1=O. The maximum absolute atomic E-state index is 13.6. The summed E-state index contributed by atoms with van der Waals surface area (Å²) in [4.78, 5) is 67.1. The van der Waals surface area contributed by atoms with Crippen molar-refractivity contribution in [1.29, 1.82) is 0 Å². The molecule has 0 unspecified atom stereocenters. The molecule has 5 amide bonds. The van der Waals surface area contributed by atoms with Crippen LogP contribution in [-0.2, 0) is 30.5 Å². The molecule has 11 nitrogen and oxygen atoms in total. The summed E-state index contributed by atoms with van der Waals surface area (Å²) in [5.74, 6) is -1.80. The number of nitrogens with zero attached hydrogens (tertiary/aromatic N) is 1. The molecule has 1 aromatic carbocycles. The van der Waals surface area contributed by atoms with Crippen molar-refractivity contribution in [2.24, 2.45) is 0 Å². The van der Waals surface area contributed by atoms with Crippen LogP contribution in [0.2, 0.25) is 0 Å². The number of hydrogen-bond acceptors (Lipinski definition) is 6. The maximum atomic E-state index is 13.6. The highest BCUT2D eigenvalue weighted by molar-refractivity contribution is 5.97. The van der Waals surface area contributed by atoms with Crippen molar-refractivity contribution < 1.29 is 28.7 Å². The van der Waals surface area contributed by atoms with E-state index in [1.807, 2.05) is 30.3 Å². The van der Waals surface area contributed by atoms with Crippen molar-refractivity contribution in [2.75, 3.05) is 6.54 Å². The highest BCUT2D eigenvalue weighted by atomic mass is 16.6. The van der Waals surface area contributed by atoms with Crippen molar-refractivity contribution >= 4 is 29.7 Å². The van der Waals surface area contributed by atoms with E-state index in [-0.39, 0.29) is 19.4 Å². The van der Waals surface area contributed by atoms with Crippen LogP contribution in [0, 0.1) is 0 Å². The van der Waals surface area contributed by atoms with E-state index in [2.05, 4.69) is 21.3 Å². The number of benzene rings is 1. The molecule has 0 aromatic heterocycles. The molecule has 0 bridgehead atoms. The summed E-state index contributed by atoms with van der Waals surface area (Å²) in [6.45, 7) is 8.90. The summed E-state index contributed by atoms with van der Waals surface area (Å²) in [7, 11) is 0. The van der Waals surface area contributed by atoms with Crippen LogP contribution in [0.3, 0.4) is 0 Å². The highest BCUT2D eigenvalue weighted by Gasteiger charge is 2.41. The first-order valence-corrected chi connectivity index (χ1v) is 13.7. The lowest BCUT2D eigenvalue weighted by molar-refractivity contribution is -0.142. The predicted octanol–water partition coefficient (Wildman–Crippen LogP) is 1.92. The summed E-state index contributed by atoms with van der Waals surface area (Å²) in [5.41, 5.74) is -1.21. The molecule has 1 fully saturated rings. The maximum Gasteiger partial charge on any atom is 0.408 e. The lowest BCUT2D eigenvalue weighted by Crippen LogP contribution is -2.62. The van der Waals surface area contributed by atoms with Gasteiger partial charge in [-0.25, -0.2) is 4.79 Å². The van der Waals surface area contributed by atoms with Gasteiger partial charge >= 0.3 is 6.09 Å². The second-order valence-corrected chi connectivity index (χ2v) is 11.7. The average molecular weight is 556 g/mol. The minimum absolute atomic E-state index is 0.112. The van der Waals surface area contributed by atoms with Crippen molar-refractivity contribution in [3.05, 3.63) is 48.0 Å². The molecule has 40 heavy (non-hydrogen) atoms. The van der Waals surface area contributed by atoms with Crippen LogP contribution in [0.1, 0.15) is 65.9 Å². The zero-order valence-corrected chi connectivity index (χ0v) is 23.9. The van der Waals surface area contributed by atoms with Crippen molar-refractivity contribution in [1.82, 2.24) is 26.2 Å². The Balaban J connectivity index is 1.85. The molecule has 3 atom stereocenters. The second kappa shape index (κ2) is 13.0. The topological polar surface area (TPSA) is 146 Å². The van der Waals surface area contributed by atoms with Gasteiger partial charge < -0.3 is 30.9 Å². The second-order valence-electron chi connectivity index (χ2n) is 11.7. The lowest BCUT2D eigenvalue weighted by atomic mass is 10.0. The van der Waals surface area contributed by atoms with Gasteiger partial charge in [0.15, 0.2) is 0 Å². The monoisotopic (exact) mass is 555 g/mol. The van der Waals surface area contributed by atoms with E-state index >= 15 is 0 Å².